The maximum Gasteiger partial charge on any atom is 0.266 e. The molecule has 154 valence electrons. The highest BCUT2D eigenvalue weighted by molar-refractivity contribution is 6.24. The summed E-state index contributed by atoms with van der Waals surface area (Å²) >= 11 is 0. The Labute approximate surface area is 168 Å². The number of carbonyl (C=O) groups is 4. The number of nitrogens with zero attached hydrogens (tertiary/aromatic N) is 2. The quantitative estimate of drug-likeness (QED) is 0.505. The Kier molecular flexibility index (Phi) is 5.33. The summed E-state index contributed by atoms with van der Waals surface area (Å²) < 4.78 is 5.82. The number of nitrogens with one attached hydrogen (secondary N) is 1. The molecule has 3 aliphatic rings. The normalized spacial score (nSPS) is 24.8. The SMILES string of the molecule is N[C@H]1CCN(CCCOc2cccc3c2C(=O)N(C2CCC(=O)NC2=O)C3=O)C1. The summed E-state index contributed by atoms with van der Waals surface area (Å²) in [6.07, 6.45) is 1.99. The zero-order valence-corrected chi connectivity index (χ0v) is 16.1. The van der Waals surface area contributed by atoms with E-state index in [4.69, 9.17) is 10.5 Å². The average Bonchev–Trinajstić information content (AvgIpc) is 3.21. The van der Waals surface area contributed by atoms with Crippen molar-refractivity contribution in [1.29, 1.82) is 0 Å². The van der Waals surface area contributed by atoms with Crippen LogP contribution in [0.2, 0.25) is 0 Å². The van der Waals surface area contributed by atoms with E-state index in [1.165, 1.54) is 0 Å². The van der Waals surface area contributed by atoms with Crippen LogP contribution in [-0.2, 0) is 9.59 Å². The molecule has 0 radical (unpaired) electrons. The maximum absolute atomic E-state index is 13.0. The summed E-state index contributed by atoms with van der Waals surface area (Å²) in [7, 11) is 0. The van der Waals surface area contributed by atoms with Crippen LogP contribution < -0.4 is 15.8 Å². The Morgan fingerprint density at radius 1 is 1.14 bits per heavy atom. The molecule has 0 aromatic heterocycles. The van der Waals surface area contributed by atoms with Gasteiger partial charge in [0.1, 0.15) is 11.8 Å². The average molecular weight is 400 g/mol. The van der Waals surface area contributed by atoms with Crippen molar-refractivity contribution in [1.82, 2.24) is 15.1 Å². The lowest BCUT2D eigenvalue weighted by atomic mass is 10.0. The molecule has 3 aliphatic heterocycles. The molecule has 0 bridgehead atoms. The molecule has 1 aromatic carbocycles. The number of fused-ring (bicyclic) bond motifs is 1. The van der Waals surface area contributed by atoms with Crippen molar-refractivity contribution < 1.29 is 23.9 Å². The minimum absolute atomic E-state index is 0.0906. The largest absolute Gasteiger partial charge is 0.493 e. The number of imide groups is 2. The van der Waals surface area contributed by atoms with Gasteiger partial charge >= 0.3 is 0 Å². The Morgan fingerprint density at radius 3 is 2.69 bits per heavy atom. The first kappa shape index (κ1) is 19.5. The second kappa shape index (κ2) is 7.92. The van der Waals surface area contributed by atoms with E-state index in [-0.39, 0.29) is 30.0 Å². The van der Waals surface area contributed by atoms with Crippen LogP contribution in [0.15, 0.2) is 18.2 Å². The Bertz CT molecular complexity index is 870. The van der Waals surface area contributed by atoms with Crippen LogP contribution in [0.5, 0.6) is 5.75 Å². The van der Waals surface area contributed by atoms with E-state index >= 15 is 0 Å². The van der Waals surface area contributed by atoms with Gasteiger partial charge in [0.2, 0.25) is 11.8 Å². The van der Waals surface area contributed by atoms with Gasteiger partial charge in [-0.05, 0) is 37.9 Å². The van der Waals surface area contributed by atoms with Gasteiger partial charge in [0.15, 0.2) is 0 Å². The number of piperidine rings is 1. The number of hydrogen-bond donors (Lipinski definition) is 2. The van der Waals surface area contributed by atoms with E-state index in [0.717, 1.165) is 37.4 Å². The minimum atomic E-state index is -0.979. The molecule has 4 amide bonds. The van der Waals surface area contributed by atoms with Crippen molar-refractivity contribution in [2.75, 3.05) is 26.2 Å². The number of ether oxygens (including phenoxy) is 1. The molecule has 9 heteroatoms. The molecule has 0 saturated carbocycles. The van der Waals surface area contributed by atoms with E-state index in [2.05, 4.69) is 10.2 Å². The van der Waals surface area contributed by atoms with Gasteiger partial charge in [-0.1, -0.05) is 6.07 Å². The third-order valence-corrected chi connectivity index (χ3v) is 5.61. The lowest BCUT2D eigenvalue weighted by Crippen LogP contribution is -2.54. The van der Waals surface area contributed by atoms with E-state index in [1.54, 1.807) is 18.2 Å². The van der Waals surface area contributed by atoms with Crippen molar-refractivity contribution in [2.24, 2.45) is 5.73 Å². The van der Waals surface area contributed by atoms with E-state index in [1.807, 2.05) is 0 Å². The summed E-state index contributed by atoms with van der Waals surface area (Å²) in [5.41, 5.74) is 6.32. The smallest absolute Gasteiger partial charge is 0.266 e. The Hall–Kier alpha value is -2.78. The standard InChI is InChI=1S/C20H24N4O5/c21-12-7-9-23(11-12)8-2-10-29-15-4-1-3-13-17(15)20(28)24(19(13)27)14-5-6-16(25)22-18(14)26/h1,3-4,12,14H,2,5-11,21H2,(H,22,25,26)/t12-,14?/m0/s1. The second-order valence-corrected chi connectivity index (χ2v) is 7.68. The van der Waals surface area contributed by atoms with Gasteiger partial charge in [-0.25, -0.2) is 0 Å². The third-order valence-electron chi connectivity index (χ3n) is 5.61. The first-order chi connectivity index (χ1) is 14.0. The number of benzene rings is 1. The van der Waals surface area contributed by atoms with E-state index < -0.39 is 29.7 Å². The monoisotopic (exact) mass is 400 g/mol. The molecule has 3 N–H and O–H groups in total. The van der Waals surface area contributed by atoms with Crippen molar-refractivity contribution in [2.45, 2.75) is 37.8 Å². The number of rotatable bonds is 6. The van der Waals surface area contributed by atoms with Gasteiger partial charge in [0.05, 0.1) is 17.7 Å². The minimum Gasteiger partial charge on any atom is -0.493 e. The van der Waals surface area contributed by atoms with Crippen molar-refractivity contribution >= 4 is 23.6 Å². The first-order valence-electron chi connectivity index (χ1n) is 9.91. The Balaban J connectivity index is 1.43. The number of amides is 4. The van der Waals surface area contributed by atoms with Gasteiger partial charge in [0, 0.05) is 25.6 Å². The fourth-order valence-electron chi connectivity index (χ4n) is 4.14. The molecular formula is C20H24N4O5. The van der Waals surface area contributed by atoms with Gasteiger partial charge in [-0.2, -0.15) is 0 Å². The summed E-state index contributed by atoms with van der Waals surface area (Å²) in [5.74, 6) is -1.77. The lowest BCUT2D eigenvalue weighted by Gasteiger charge is -2.27. The van der Waals surface area contributed by atoms with Crippen LogP contribution in [0.1, 0.15) is 46.4 Å². The number of hydrogen-bond acceptors (Lipinski definition) is 7. The molecule has 9 nitrogen and oxygen atoms in total. The fourth-order valence-corrected chi connectivity index (χ4v) is 4.14. The highest BCUT2D eigenvalue weighted by Crippen LogP contribution is 2.33. The summed E-state index contributed by atoms with van der Waals surface area (Å²) in [6.45, 7) is 3.13. The van der Waals surface area contributed by atoms with Crippen LogP contribution >= 0.6 is 0 Å². The predicted molar refractivity (Wildman–Crippen MR) is 102 cm³/mol. The van der Waals surface area contributed by atoms with E-state index in [9.17, 15) is 19.2 Å². The maximum atomic E-state index is 13.0. The number of carbonyl (C=O) groups excluding carboxylic acids is 4. The van der Waals surface area contributed by atoms with Crippen LogP contribution in [0, 0.1) is 0 Å². The molecule has 29 heavy (non-hydrogen) atoms. The molecular weight excluding hydrogens is 376 g/mol. The topological polar surface area (TPSA) is 122 Å². The molecule has 3 heterocycles. The van der Waals surface area contributed by atoms with Crippen LogP contribution in [0.4, 0.5) is 0 Å². The highest BCUT2D eigenvalue weighted by Gasteiger charge is 2.45. The zero-order chi connectivity index (χ0) is 20.5. The van der Waals surface area contributed by atoms with Crippen molar-refractivity contribution in [3.05, 3.63) is 29.3 Å². The molecule has 2 fully saturated rings. The van der Waals surface area contributed by atoms with Crippen LogP contribution in [-0.4, -0.2) is 71.8 Å². The Morgan fingerprint density at radius 2 is 1.97 bits per heavy atom. The van der Waals surface area contributed by atoms with Gasteiger partial charge in [-0.3, -0.25) is 29.4 Å². The van der Waals surface area contributed by atoms with Crippen LogP contribution in [0.3, 0.4) is 0 Å². The molecule has 2 saturated heterocycles. The number of likely N-dealkylation sites (tertiary alicyclic amines) is 1. The summed E-state index contributed by atoms with van der Waals surface area (Å²) in [4.78, 5) is 52.5. The third kappa shape index (κ3) is 3.75. The lowest BCUT2D eigenvalue weighted by molar-refractivity contribution is -0.136. The zero-order valence-electron chi connectivity index (χ0n) is 16.1. The van der Waals surface area contributed by atoms with Gasteiger partial charge < -0.3 is 15.4 Å². The van der Waals surface area contributed by atoms with Crippen molar-refractivity contribution in [3.8, 4) is 5.75 Å². The summed E-state index contributed by atoms with van der Waals surface area (Å²) in [6, 6.07) is 4.12. The predicted octanol–water partition coefficient (Wildman–Crippen LogP) is -0.110. The summed E-state index contributed by atoms with van der Waals surface area (Å²) in [5, 5.41) is 2.19. The second-order valence-electron chi connectivity index (χ2n) is 7.68. The van der Waals surface area contributed by atoms with E-state index in [0.29, 0.717) is 12.4 Å². The van der Waals surface area contributed by atoms with Gasteiger partial charge in [-0.15, -0.1) is 0 Å². The first-order valence-corrected chi connectivity index (χ1v) is 9.91. The highest BCUT2D eigenvalue weighted by atomic mass is 16.5. The van der Waals surface area contributed by atoms with Crippen LogP contribution in [0.25, 0.3) is 0 Å². The molecule has 1 unspecified atom stereocenters. The van der Waals surface area contributed by atoms with Gasteiger partial charge in [0.25, 0.3) is 11.8 Å². The molecule has 2 atom stereocenters. The number of nitrogens with two attached hydrogens (primary N) is 1. The molecule has 0 spiro atoms. The molecule has 4 rings (SSSR count). The van der Waals surface area contributed by atoms with Crippen molar-refractivity contribution in [3.63, 3.8) is 0 Å². The molecule has 0 aliphatic carbocycles. The fraction of sp³-hybridized carbons (Fsp3) is 0.500. The molecule has 1 aromatic rings.